The molecule has 0 unspecified atom stereocenters. The van der Waals surface area contributed by atoms with E-state index in [1.807, 2.05) is 0 Å². The molecule has 3 N–H and O–H groups in total. The van der Waals surface area contributed by atoms with E-state index in [0.717, 1.165) is 12.8 Å². The minimum absolute atomic E-state index is 0.0395. The van der Waals surface area contributed by atoms with Crippen molar-refractivity contribution in [2.24, 2.45) is 0 Å². The number of hydrogen-bond acceptors (Lipinski definition) is 8. The summed E-state index contributed by atoms with van der Waals surface area (Å²) < 4.78 is 16.0. The number of hydrogen-bond donors (Lipinski definition) is 2. The van der Waals surface area contributed by atoms with Crippen molar-refractivity contribution < 1.29 is 23.8 Å². The number of phenols is 1. The number of benzene rings is 1. The summed E-state index contributed by atoms with van der Waals surface area (Å²) in [6, 6.07) is 5.08. The third-order valence-corrected chi connectivity index (χ3v) is 4.79. The molecule has 0 saturated carbocycles. The number of furan rings is 1. The summed E-state index contributed by atoms with van der Waals surface area (Å²) in [5, 5.41) is 10.9. The van der Waals surface area contributed by atoms with Gasteiger partial charge in [0, 0.05) is 28.5 Å². The van der Waals surface area contributed by atoms with Crippen molar-refractivity contribution in [2.45, 2.75) is 33.6 Å². The SMILES string of the molecule is CCCCOc1ccc(-c2nc(N)ncc2-c2cc(C(=O)OC)oc2C)c(O)c1C. The van der Waals surface area contributed by atoms with Crippen molar-refractivity contribution in [3.63, 3.8) is 0 Å². The van der Waals surface area contributed by atoms with Crippen molar-refractivity contribution in [3.05, 3.63) is 41.5 Å². The lowest BCUT2D eigenvalue weighted by Crippen LogP contribution is -2.01. The van der Waals surface area contributed by atoms with Crippen LogP contribution in [0.1, 0.15) is 41.6 Å². The van der Waals surface area contributed by atoms with Gasteiger partial charge in [-0.2, -0.15) is 0 Å². The second-order valence-corrected chi connectivity index (χ2v) is 6.85. The van der Waals surface area contributed by atoms with E-state index in [9.17, 15) is 9.90 Å². The Morgan fingerprint density at radius 1 is 1.23 bits per heavy atom. The first-order chi connectivity index (χ1) is 14.4. The van der Waals surface area contributed by atoms with E-state index in [1.165, 1.54) is 13.3 Å². The number of nitrogen functional groups attached to an aromatic ring is 1. The van der Waals surface area contributed by atoms with Gasteiger partial charge in [-0.1, -0.05) is 13.3 Å². The standard InChI is InChI=1S/C22H25N3O5/c1-5-6-9-29-17-8-7-14(20(26)12(17)2)19-16(11-24-22(23)25-19)15-10-18(21(27)28-4)30-13(15)3/h7-8,10-11,26H,5-6,9H2,1-4H3,(H2,23,24,25). The molecule has 0 amide bonds. The average molecular weight is 411 g/mol. The summed E-state index contributed by atoms with van der Waals surface area (Å²) in [4.78, 5) is 20.3. The maximum absolute atomic E-state index is 11.8. The molecule has 30 heavy (non-hydrogen) atoms. The average Bonchev–Trinajstić information content (AvgIpc) is 3.12. The molecule has 3 aromatic rings. The van der Waals surface area contributed by atoms with E-state index < -0.39 is 5.97 Å². The van der Waals surface area contributed by atoms with Crippen LogP contribution in [0.4, 0.5) is 5.95 Å². The van der Waals surface area contributed by atoms with Crippen LogP contribution in [0.25, 0.3) is 22.4 Å². The van der Waals surface area contributed by atoms with Gasteiger partial charge < -0.3 is 24.7 Å². The Morgan fingerprint density at radius 2 is 2.00 bits per heavy atom. The highest BCUT2D eigenvalue weighted by Gasteiger charge is 2.22. The van der Waals surface area contributed by atoms with Gasteiger partial charge in [-0.3, -0.25) is 0 Å². The van der Waals surface area contributed by atoms with Gasteiger partial charge in [0.1, 0.15) is 17.3 Å². The third kappa shape index (κ3) is 4.07. The van der Waals surface area contributed by atoms with Gasteiger partial charge in [0.15, 0.2) is 0 Å². The van der Waals surface area contributed by atoms with Gasteiger partial charge in [0.25, 0.3) is 0 Å². The van der Waals surface area contributed by atoms with Crippen LogP contribution < -0.4 is 10.5 Å². The summed E-state index contributed by atoms with van der Waals surface area (Å²) in [5.41, 5.74) is 8.49. The first-order valence-corrected chi connectivity index (χ1v) is 9.64. The normalized spacial score (nSPS) is 10.8. The molecular formula is C22H25N3O5. The second kappa shape index (κ2) is 8.86. The van der Waals surface area contributed by atoms with E-state index in [4.69, 9.17) is 19.6 Å². The molecule has 0 aliphatic rings. The number of methoxy groups -OCH3 is 1. The van der Waals surface area contributed by atoms with Crippen LogP contribution in [0.5, 0.6) is 11.5 Å². The second-order valence-electron chi connectivity index (χ2n) is 6.85. The van der Waals surface area contributed by atoms with Crippen LogP contribution in [0.3, 0.4) is 0 Å². The van der Waals surface area contributed by atoms with E-state index >= 15 is 0 Å². The molecule has 0 saturated heterocycles. The Labute approximate surface area is 174 Å². The Morgan fingerprint density at radius 3 is 2.70 bits per heavy atom. The number of nitrogens with two attached hydrogens (primary N) is 1. The van der Waals surface area contributed by atoms with Gasteiger partial charge in [0.05, 0.1) is 19.4 Å². The monoisotopic (exact) mass is 411 g/mol. The number of carbonyl (C=O) groups excluding carboxylic acids is 1. The lowest BCUT2D eigenvalue weighted by molar-refractivity contribution is 0.0563. The zero-order valence-electron chi connectivity index (χ0n) is 17.5. The molecular weight excluding hydrogens is 386 g/mol. The number of aryl methyl sites for hydroxylation is 1. The number of unbranched alkanes of at least 4 members (excludes halogenated alkanes) is 1. The van der Waals surface area contributed by atoms with Crippen LogP contribution in [-0.4, -0.2) is 34.8 Å². The molecule has 0 aliphatic carbocycles. The predicted octanol–water partition coefficient (Wildman–Crippen LogP) is 4.27. The molecule has 0 atom stereocenters. The molecule has 0 fully saturated rings. The van der Waals surface area contributed by atoms with Crippen LogP contribution in [0, 0.1) is 13.8 Å². The highest BCUT2D eigenvalue weighted by molar-refractivity contribution is 5.91. The first kappa shape index (κ1) is 21.2. The molecule has 8 nitrogen and oxygen atoms in total. The number of phenolic OH excluding ortho intramolecular Hbond substituents is 1. The largest absolute Gasteiger partial charge is 0.507 e. The van der Waals surface area contributed by atoms with Crippen LogP contribution in [-0.2, 0) is 4.74 Å². The minimum atomic E-state index is -0.588. The van der Waals surface area contributed by atoms with E-state index in [1.54, 1.807) is 32.0 Å². The summed E-state index contributed by atoms with van der Waals surface area (Å²) in [7, 11) is 1.28. The quantitative estimate of drug-likeness (QED) is 0.437. The van der Waals surface area contributed by atoms with Crippen molar-refractivity contribution in [1.82, 2.24) is 9.97 Å². The molecule has 3 rings (SSSR count). The summed E-state index contributed by atoms with van der Waals surface area (Å²) in [5.74, 6) is 0.671. The maximum Gasteiger partial charge on any atom is 0.373 e. The molecule has 0 radical (unpaired) electrons. The Balaban J connectivity index is 2.10. The van der Waals surface area contributed by atoms with Crippen LogP contribution in [0.15, 0.2) is 28.8 Å². The zero-order chi connectivity index (χ0) is 21.8. The molecule has 0 aliphatic heterocycles. The Bertz CT molecular complexity index is 1070. The Kier molecular flexibility index (Phi) is 6.25. The number of nitrogens with zero attached hydrogens (tertiary/aromatic N) is 2. The van der Waals surface area contributed by atoms with Gasteiger partial charge in [-0.05, 0) is 38.5 Å². The number of anilines is 1. The van der Waals surface area contributed by atoms with E-state index in [-0.39, 0.29) is 17.5 Å². The van der Waals surface area contributed by atoms with Crippen molar-refractivity contribution >= 4 is 11.9 Å². The minimum Gasteiger partial charge on any atom is -0.507 e. The van der Waals surface area contributed by atoms with Crippen molar-refractivity contribution in [1.29, 1.82) is 0 Å². The fraction of sp³-hybridized carbons (Fsp3) is 0.318. The number of rotatable bonds is 7. The topological polar surface area (TPSA) is 121 Å². The highest BCUT2D eigenvalue weighted by atomic mass is 16.5. The fourth-order valence-corrected chi connectivity index (χ4v) is 3.10. The fourth-order valence-electron chi connectivity index (χ4n) is 3.10. The zero-order valence-corrected chi connectivity index (χ0v) is 17.5. The molecule has 0 bridgehead atoms. The molecule has 0 spiro atoms. The van der Waals surface area contributed by atoms with Crippen molar-refractivity contribution in [3.8, 4) is 33.9 Å². The van der Waals surface area contributed by atoms with Crippen LogP contribution >= 0.6 is 0 Å². The summed E-state index contributed by atoms with van der Waals surface area (Å²) >= 11 is 0. The van der Waals surface area contributed by atoms with Gasteiger partial charge in [-0.15, -0.1) is 0 Å². The lowest BCUT2D eigenvalue weighted by atomic mass is 9.98. The first-order valence-electron chi connectivity index (χ1n) is 9.64. The third-order valence-electron chi connectivity index (χ3n) is 4.79. The Hall–Kier alpha value is -3.55. The van der Waals surface area contributed by atoms with E-state index in [0.29, 0.717) is 46.1 Å². The number of esters is 1. The summed E-state index contributed by atoms with van der Waals surface area (Å²) in [6.07, 6.45) is 3.48. The maximum atomic E-state index is 11.8. The molecule has 2 aromatic heterocycles. The van der Waals surface area contributed by atoms with Gasteiger partial charge in [0.2, 0.25) is 11.7 Å². The number of ether oxygens (including phenoxy) is 2. The predicted molar refractivity (Wildman–Crippen MR) is 112 cm³/mol. The van der Waals surface area contributed by atoms with Crippen molar-refractivity contribution in [2.75, 3.05) is 19.5 Å². The molecule has 1 aromatic carbocycles. The van der Waals surface area contributed by atoms with Gasteiger partial charge in [-0.25, -0.2) is 14.8 Å². The molecule has 8 heteroatoms. The van der Waals surface area contributed by atoms with Gasteiger partial charge >= 0.3 is 5.97 Å². The smallest absolute Gasteiger partial charge is 0.373 e. The van der Waals surface area contributed by atoms with E-state index in [2.05, 4.69) is 16.9 Å². The van der Waals surface area contributed by atoms with Crippen LogP contribution in [0.2, 0.25) is 0 Å². The number of aromatic hydroxyl groups is 1. The lowest BCUT2D eigenvalue weighted by Gasteiger charge is -2.15. The number of aromatic nitrogens is 2. The highest BCUT2D eigenvalue weighted by Crippen LogP contribution is 2.41. The number of carbonyl (C=O) groups is 1. The molecule has 158 valence electrons. The summed E-state index contributed by atoms with van der Waals surface area (Å²) in [6.45, 7) is 6.16. The molecule has 2 heterocycles.